The third-order valence-electron chi connectivity index (χ3n) is 2.69. The van der Waals surface area contributed by atoms with Crippen molar-refractivity contribution in [3.63, 3.8) is 0 Å². The average molecular weight is 256 g/mol. The SMILES string of the molecule is CC(C)NCCC(C)(O)Cc1cccc(Cl)c1. The number of hydrogen-bond acceptors (Lipinski definition) is 2. The van der Waals surface area contributed by atoms with E-state index >= 15 is 0 Å². The first kappa shape index (κ1) is 14.5. The van der Waals surface area contributed by atoms with Gasteiger partial charge < -0.3 is 10.4 Å². The minimum Gasteiger partial charge on any atom is -0.390 e. The average Bonchev–Trinajstić information content (AvgIpc) is 2.15. The fourth-order valence-corrected chi connectivity index (χ4v) is 2.02. The summed E-state index contributed by atoms with van der Waals surface area (Å²) in [5.41, 5.74) is 0.388. The Labute approximate surface area is 109 Å². The molecule has 0 radical (unpaired) electrons. The van der Waals surface area contributed by atoms with E-state index in [2.05, 4.69) is 19.2 Å². The smallest absolute Gasteiger partial charge is 0.0672 e. The predicted molar refractivity (Wildman–Crippen MR) is 73.5 cm³/mol. The van der Waals surface area contributed by atoms with Crippen molar-refractivity contribution in [2.45, 2.75) is 45.3 Å². The number of hydrogen-bond donors (Lipinski definition) is 2. The van der Waals surface area contributed by atoms with Gasteiger partial charge in [-0.1, -0.05) is 37.6 Å². The molecule has 0 heterocycles. The molecule has 17 heavy (non-hydrogen) atoms. The van der Waals surface area contributed by atoms with Crippen molar-refractivity contribution < 1.29 is 5.11 Å². The lowest BCUT2D eigenvalue weighted by Crippen LogP contribution is -2.34. The Hall–Kier alpha value is -0.570. The molecule has 3 heteroatoms. The maximum absolute atomic E-state index is 10.3. The number of rotatable bonds is 6. The Bertz CT molecular complexity index is 350. The van der Waals surface area contributed by atoms with Crippen LogP contribution >= 0.6 is 11.6 Å². The topological polar surface area (TPSA) is 32.3 Å². The van der Waals surface area contributed by atoms with Crippen molar-refractivity contribution in [3.05, 3.63) is 34.9 Å². The molecule has 0 bridgehead atoms. The van der Waals surface area contributed by atoms with E-state index in [4.69, 9.17) is 11.6 Å². The first-order valence-electron chi connectivity index (χ1n) is 6.09. The van der Waals surface area contributed by atoms with Gasteiger partial charge in [-0.15, -0.1) is 0 Å². The van der Waals surface area contributed by atoms with E-state index in [1.165, 1.54) is 0 Å². The second kappa shape index (κ2) is 6.39. The van der Waals surface area contributed by atoms with Crippen LogP contribution in [0.25, 0.3) is 0 Å². The van der Waals surface area contributed by atoms with Crippen molar-refractivity contribution in [2.24, 2.45) is 0 Å². The summed E-state index contributed by atoms with van der Waals surface area (Å²) in [6, 6.07) is 8.12. The number of benzene rings is 1. The lowest BCUT2D eigenvalue weighted by Gasteiger charge is -2.24. The summed E-state index contributed by atoms with van der Waals surface area (Å²) in [6.07, 6.45) is 1.37. The number of nitrogens with one attached hydrogen (secondary N) is 1. The highest BCUT2D eigenvalue weighted by molar-refractivity contribution is 6.30. The predicted octanol–water partition coefficient (Wildman–Crippen LogP) is 3.02. The van der Waals surface area contributed by atoms with E-state index < -0.39 is 5.60 Å². The molecular weight excluding hydrogens is 234 g/mol. The van der Waals surface area contributed by atoms with Crippen LogP contribution in [0.2, 0.25) is 5.02 Å². The molecule has 1 atom stereocenters. The zero-order valence-electron chi connectivity index (χ0n) is 10.8. The second-order valence-corrected chi connectivity index (χ2v) is 5.60. The summed E-state index contributed by atoms with van der Waals surface area (Å²) in [6.45, 7) is 6.90. The Kier molecular flexibility index (Phi) is 5.44. The normalized spacial score (nSPS) is 14.9. The van der Waals surface area contributed by atoms with Gasteiger partial charge in [-0.2, -0.15) is 0 Å². The van der Waals surface area contributed by atoms with E-state index in [1.807, 2.05) is 31.2 Å². The quantitative estimate of drug-likeness (QED) is 0.819. The second-order valence-electron chi connectivity index (χ2n) is 5.16. The molecule has 2 nitrogen and oxygen atoms in total. The highest BCUT2D eigenvalue weighted by Crippen LogP contribution is 2.19. The molecule has 0 aromatic heterocycles. The third-order valence-corrected chi connectivity index (χ3v) is 2.93. The minimum atomic E-state index is -0.688. The molecule has 0 spiro atoms. The first-order valence-corrected chi connectivity index (χ1v) is 6.47. The van der Waals surface area contributed by atoms with Gasteiger partial charge in [0.15, 0.2) is 0 Å². The van der Waals surface area contributed by atoms with Gasteiger partial charge in [0, 0.05) is 17.5 Å². The van der Waals surface area contributed by atoms with Crippen LogP contribution in [0.4, 0.5) is 0 Å². The summed E-state index contributed by atoms with van der Waals surface area (Å²) >= 11 is 5.93. The maximum atomic E-state index is 10.3. The van der Waals surface area contributed by atoms with Gasteiger partial charge in [0.2, 0.25) is 0 Å². The van der Waals surface area contributed by atoms with Crippen LogP contribution < -0.4 is 5.32 Å². The fraction of sp³-hybridized carbons (Fsp3) is 0.571. The molecule has 0 aliphatic rings. The van der Waals surface area contributed by atoms with E-state index in [9.17, 15) is 5.11 Å². The molecule has 96 valence electrons. The van der Waals surface area contributed by atoms with E-state index in [0.29, 0.717) is 12.5 Å². The van der Waals surface area contributed by atoms with Crippen LogP contribution in [-0.2, 0) is 6.42 Å². The fourth-order valence-electron chi connectivity index (χ4n) is 1.81. The van der Waals surface area contributed by atoms with Crippen molar-refractivity contribution >= 4 is 11.6 Å². The molecule has 0 saturated heterocycles. The van der Waals surface area contributed by atoms with E-state index in [0.717, 1.165) is 23.6 Å². The molecule has 0 aliphatic carbocycles. The van der Waals surface area contributed by atoms with Crippen molar-refractivity contribution in [2.75, 3.05) is 6.54 Å². The van der Waals surface area contributed by atoms with Gasteiger partial charge in [0.1, 0.15) is 0 Å². The molecule has 1 rings (SSSR count). The summed E-state index contributed by atoms with van der Waals surface area (Å²) in [5, 5.41) is 14.3. The van der Waals surface area contributed by atoms with Gasteiger partial charge in [0.05, 0.1) is 5.60 Å². The summed E-state index contributed by atoms with van der Waals surface area (Å²) in [4.78, 5) is 0. The third kappa shape index (κ3) is 6.06. The molecule has 2 N–H and O–H groups in total. The molecule has 1 unspecified atom stereocenters. The van der Waals surface area contributed by atoms with Crippen LogP contribution in [0.15, 0.2) is 24.3 Å². The Balaban J connectivity index is 2.48. The molecule has 1 aromatic rings. The van der Waals surface area contributed by atoms with Gasteiger partial charge in [-0.3, -0.25) is 0 Å². The van der Waals surface area contributed by atoms with Crippen molar-refractivity contribution in [3.8, 4) is 0 Å². The minimum absolute atomic E-state index is 0.456. The highest BCUT2D eigenvalue weighted by atomic mass is 35.5. The summed E-state index contributed by atoms with van der Waals surface area (Å²) in [7, 11) is 0. The lowest BCUT2D eigenvalue weighted by molar-refractivity contribution is 0.0511. The Morgan fingerprint density at radius 2 is 2.12 bits per heavy atom. The van der Waals surface area contributed by atoms with Crippen LogP contribution in [0.3, 0.4) is 0 Å². The zero-order valence-corrected chi connectivity index (χ0v) is 11.6. The van der Waals surface area contributed by atoms with Crippen molar-refractivity contribution in [1.29, 1.82) is 0 Å². The molecule has 0 amide bonds. The highest BCUT2D eigenvalue weighted by Gasteiger charge is 2.20. The largest absolute Gasteiger partial charge is 0.390 e. The standard InChI is InChI=1S/C14H22ClNO/c1-11(2)16-8-7-14(3,17)10-12-5-4-6-13(15)9-12/h4-6,9,11,16-17H,7-8,10H2,1-3H3. The zero-order chi connectivity index (χ0) is 12.9. The van der Waals surface area contributed by atoms with Crippen molar-refractivity contribution in [1.82, 2.24) is 5.32 Å². The van der Waals surface area contributed by atoms with Crippen LogP contribution in [0.1, 0.15) is 32.8 Å². The monoisotopic (exact) mass is 255 g/mol. The van der Waals surface area contributed by atoms with Gasteiger partial charge in [0.25, 0.3) is 0 Å². The van der Waals surface area contributed by atoms with E-state index in [-0.39, 0.29) is 0 Å². The number of aliphatic hydroxyl groups is 1. The first-order chi connectivity index (χ1) is 7.89. The molecule has 0 saturated carbocycles. The number of halogens is 1. The van der Waals surface area contributed by atoms with Crippen LogP contribution in [0, 0.1) is 0 Å². The molecular formula is C14H22ClNO. The van der Waals surface area contributed by atoms with Crippen LogP contribution in [-0.4, -0.2) is 23.3 Å². The van der Waals surface area contributed by atoms with Crippen LogP contribution in [0.5, 0.6) is 0 Å². The molecule has 0 aliphatic heterocycles. The van der Waals surface area contributed by atoms with E-state index in [1.54, 1.807) is 0 Å². The maximum Gasteiger partial charge on any atom is 0.0672 e. The molecule has 0 fully saturated rings. The van der Waals surface area contributed by atoms with Gasteiger partial charge >= 0.3 is 0 Å². The summed E-state index contributed by atoms with van der Waals surface area (Å²) < 4.78 is 0. The summed E-state index contributed by atoms with van der Waals surface area (Å²) in [5.74, 6) is 0. The molecule has 1 aromatic carbocycles. The lowest BCUT2D eigenvalue weighted by atomic mass is 9.93. The van der Waals surface area contributed by atoms with Gasteiger partial charge in [-0.05, 0) is 37.6 Å². The Morgan fingerprint density at radius 1 is 1.41 bits per heavy atom. The van der Waals surface area contributed by atoms with Gasteiger partial charge in [-0.25, -0.2) is 0 Å². The Morgan fingerprint density at radius 3 is 2.71 bits per heavy atom.